The number of amides is 1. The van der Waals surface area contributed by atoms with E-state index in [0.717, 1.165) is 36.9 Å². The maximum absolute atomic E-state index is 12.5. The molecule has 0 radical (unpaired) electrons. The summed E-state index contributed by atoms with van der Waals surface area (Å²) in [6.07, 6.45) is 4.16. The number of carbonyl (C=O) groups is 1. The van der Waals surface area contributed by atoms with Gasteiger partial charge in [-0.3, -0.25) is 4.79 Å². The Bertz CT molecular complexity index is 512. The monoisotopic (exact) mass is 304 g/mol. The number of nitrogens with one attached hydrogen (secondary N) is 1. The summed E-state index contributed by atoms with van der Waals surface area (Å²) in [5, 5.41) is 3.02. The van der Waals surface area contributed by atoms with Crippen LogP contribution in [0.2, 0.25) is 0 Å². The molecule has 1 aromatic carbocycles. The largest absolute Gasteiger partial charge is 0.374 e. The maximum Gasteiger partial charge on any atom is 0.229 e. The van der Waals surface area contributed by atoms with Crippen molar-refractivity contribution in [1.82, 2.24) is 0 Å². The van der Waals surface area contributed by atoms with Crippen molar-refractivity contribution >= 4 is 11.6 Å². The van der Waals surface area contributed by atoms with Gasteiger partial charge in [-0.15, -0.1) is 0 Å². The molecule has 2 unspecified atom stereocenters. The van der Waals surface area contributed by atoms with Crippen molar-refractivity contribution in [2.24, 2.45) is 11.7 Å². The summed E-state index contributed by atoms with van der Waals surface area (Å²) < 4.78 is 5.60. The molecule has 1 aliphatic carbocycles. The van der Waals surface area contributed by atoms with Gasteiger partial charge in [0.2, 0.25) is 5.91 Å². The van der Waals surface area contributed by atoms with Gasteiger partial charge in [0.15, 0.2) is 0 Å². The van der Waals surface area contributed by atoms with E-state index in [1.807, 2.05) is 45.0 Å². The van der Waals surface area contributed by atoms with Crippen LogP contribution in [0.15, 0.2) is 24.3 Å². The van der Waals surface area contributed by atoms with Crippen molar-refractivity contribution in [3.05, 3.63) is 29.8 Å². The first-order valence-electron chi connectivity index (χ1n) is 8.19. The Hall–Kier alpha value is -1.39. The van der Waals surface area contributed by atoms with E-state index < -0.39 is 5.54 Å². The molecule has 4 nitrogen and oxygen atoms in total. The van der Waals surface area contributed by atoms with Gasteiger partial charge in [-0.2, -0.15) is 0 Å². The first-order valence-corrected chi connectivity index (χ1v) is 8.19. The lowest BCUT2D eigenvalue weighted by molar-refractivity contribution is -0.122. The van der Waals surface area contributed by atoms with E-state index in [2.05, 4.69) is 5.32 Å². The highest BCUT2D eigenvalue weighted by molar-refractivity contribution is 5.93. The standard InChI is InChI=1S/C18H28N2O2/c1-13(2)22-12-14-7-6-8-15(11-14)20-17(21)16-9-4-5-10-18(16,3)19/h6-8,11,13,16H,4-5,9-10,12,19H2,1-3H3,(H,20,21). The third-order valence-corrected chi connectivity index (χ3v) is 4.35. The summed E-state index contributed by atoms with van der Waals surface area (Å²) in [6, 6.07) is 7.83. The van der Waals surface area contributed by atoms with Crippen LogP contribution < -0.4 is 11.1 Å². The fourth-order valence-electron chi connectivity index (χ4n) is 3.02. The summed E-state index contributed by atoms with van der Waals surface area (Å²) in [4.78, 5) is 12.5. The Labute approximate surface area is 133 Å². The average molecular weight is 304 g/mol. The second kappa shape index (κ2) is 7.25. The van der Waals surface area contributed by atoms with Crippen LogP contribution in [-0.4, -0.2) is 17.6 Å². The van der Waals surface area contributed by atoms with Crippen LogP contribution in [0.1, 0.15) is 52.0 Å². The molecule has 122 valence electrons. The number of hydrogen-bond donors (Lipinski definition) is 2. The Balaban J connectivity index is 2.00. The minimum Gasteiger partial charge on any atom is -0.374 e. The molecule has 0 aromatic heterocycles. The molecule has 0 spiro atoms. The smallest absolute Gasteiger partial charge is 0.229 e. The molecule has 0 saturated heterocycles. The molecule has 1 fully saturated rings. The number of hydrogen-bond acceptors (Lipinski definition) is 3. The first-order chi connectivity index (χ1) is 10.4. The summed E-state index contributed by atoms with van der Waals surface area (Å²) >= 11 is 0. The van der Waals surface area contributed by atoms with Gasteiger partial charge in [-0.25, -0.2) is 0 Å². The zero-order valence-electron chi connectivity index (χ0n) is 13.9. The van der Waals surface area contributed by atoms with E-state index in [0.29, 0.717) is 6.61 Å². The Morgan fingerprint density at radius 3 is 2.91 bits per heavy atom. The molecule has 22 heavy (non-hydrogen) atoms. The minimum atomic E-state index is -0.402. The lowest BCUT2D eigenvalue weighted by Gasteiger charge is -2.37. The normalized spacial score (nSPS) is 25.2. The van der Waals surface area contributed by atoms with Crippen molar-refractivity contribution in [1.29, 1.82) is 0 Å². The van der Waals surface area contributed by atoms with E-state index in [1.165, 1.54) is 0 Å². The van der Waals surface area contributed by atoms with Crippen LogP contribution in [0.25, 0.3) is 0 Å². The number of nitrogens with two attached hydrogens (primary N) is 1. The molecule has 3 N–H and O–H groups in total. The predicted octanol–water partition coefficient (Wildman–Crippen LogP) is 3.46. The lowest BCUT2D eigenvalue weighted by atomic mass is 9.74. The molecule has 2 rings (SSSR count). The molecular weight excluding hydrogens is 276 g/mol. The first kappa shape index (κ1) is 17.0. The zero-order valence-corrected chi connectivity index (χ0v) is 13.9. The van der Waals surface area contributed by atoms with Gasteiger partial charge in [0, 0.05) is 11.2 Å². The Kier molecular flexibility index (Phi) is 5.59. The summed E-state index contributed by atoms with van der Waals surface area (Å²) in [7, 11) is 0. The number of rotatable bonds is 5. The minimum absolute atomic E-state index is 0.0339. The maximum atomic E-state index is 12.5. The third-order valence-electron chi connectivity index (χ3n) is 4.35. The summed E-state index contributed by atoms with van der Waals surface area (Å²) in [5.41, 5.74) is 7.78. The molecule has 4 heteroatoms. The Morgan fingerprint density at radius 1 is 1.45 bits per heavy atom. The number of carbonyl (C=O) groups excluding carboxylic acids is 1. The molecule has 1 amide bonds. The van der Waals surface area contributed by atoms with E-state index in [-0.39, 0.29) is 17.9 Å². The van der Waals surface area contributed by atoms with Crippen LogP contribution in [-0.2, 0) is 16.1 Å². The fraction of sp³-hybridized carbons (Fsp3) is 0.611. The molecule has 1 aromatic rings. The van der Waals surface area contributed by atoms with Gasteiger partial charge in [-0.1, -0.05) is 25.0 Å². The van der Waals surface area contributed by atoms with E-state index in [1.54, 1.807) is 0 Å². The van der Waals surface area contributed by atoms with Gasteiger partial charge in [0.05, 0.1) is 18.6 Å². The molecular formula is C18H28N2O2. The average Bonchev–Trinajstić information content (AvgIpc) is 2.45. The highest BCUT2D eigenvalue weighted by Gasteiger charge is 2.37. The van der Waals surface area contributed by atoms with E-state index in [9.17, 15) is 4.79 Å². The van der Waals surface area contributed by atoms with Crippen molar-refractivity contribution < 1.29 is 9.53 Å². The second-order valence-electron chi connectivity index (χ2n) is 6.85. The third kappa shape index (κ3) is 4.55. The number of anilines is 1. The molecule has 0 aliphatic heterocycles. The van der Waals surface area contributed by atoms with Gasteiger partial charge in [0.25, 0.3) is 0 Å². The van der Waals surface area contributed by atoms with Crippen LogP contribution >= 0.6 is 0 Å². The number of ether oxygens (including phenoxy) is 1. The number of benzene rings is 1. The van der Waals surface area contributed by atoms with Gasteiger partial charge < -0.3 is 15.8 Å². The van der Waals surface area contributed by atoms with Gasteiger partial charge in [-0.05, 0) is 51.3 Å². The van der Waals surface area contributed by atoms with Gasteiger partial charge >= 0.3 is 0 Å². The van der Waals surface area contributed by atoms with Crippen LogP contribution in [0.4, 0.5) is 5.69 Å². The fourth-order valence-corrected chi connectivity index (χ4v) is 3.02. The molecule has 2 atom stereocenters. The Morgan fingerprint density at radius 2 is 2.23 bits per heavy atom. The van der Waals surface area contributed by atoms with E-state index >= 15 is 0 Å². The van der Waals surface area contributed by atoms with Crippen LogP contribution in [0.5, 0.6) is 0 Å². The summed E-state index contributed by atoms with van der Waals surface area (Å²) in [5.74, 6) is -0.0801. The van der Waals surface area contributed by atoms with Crippen molar-refractivity contribution in [2.45, 2.75) is 64.7 Å². The SMILES string of the molecule is CC(C)OCc1cccc(NC(=O)C2CCCCC2(C)N)c1. The van der Waals surface area contributed by atoms with Crippen molar-refractivity contribution in [2.75, 3.05) is 5.32 Å². The highest BCUT2D eigenvalue weighted by atomic mass is 16.5. The van der Waals surface area contributed by atoms with Crippen LogP contribution in [0.3, 0.4) is 0 Å². The van der Waals surface area contributed by atoms with Gasteiger partial charge in [0.1, 0.15) is 0 Å². The highest BCUT2D eigenvalue weighted by Crippen LogP contribution is 2.32. The topological polar surface area (TPSA) is 64.3 Å². The molecule has 1 aliphatic rings. The molecule has 0 bridgehead atoms. The summed E-state index contributed by atoms with van der Waals surface area (Å²) in [6.45, 7) is 6.57. The van der Waals surface area contributed by atoms with Crippen LogP contribution in [0, 0.1) is 5.92 Å². The molecule has 0 heterocycles. The lowest BCUT2D eigenvalue weighted by Crippen LogP contribution is -2.51. The quantitative estimate of drug-likeness (QED) is 0.875. The predicted molar refractivity (Wildman–Crippen MR) is 89.5 cm³/mol. The zero-order chi connectivity index (χ0) is 16.2. The molecule has 1 saturated carbocycles. The van der Waals surface area contributed by atoms with Crippen molar-refractivity contribution in [3.8, 4) is 0 Å². The van der Waals surface area contributed by atoms with Crippen molar-refractivity contribution in [3.63, 3.8) is 0 Å². The van der Waals surface area contributed by atoms with E-state index in [4.69, 9.17) is 10.5 Å². The second-order valence-corrected chi connectivity index (χ2v) is 6.85.